The molecular formula is C14H19Br2N5. The summed E-state index contributed by atoms with van der Waals surface area (Å²) in [6.45, 7) is 5.05. The van der Waals surface area contributed by atoms with Crippen molar-refractivity contribution in [2.75, 3.05) is 0 Å². The second-order valence-corrected chi connectivity index (χ2v) is 6.51. The van der Waals surface area contributed by atoms with Crippen LogP contribution in [0.15, 0.2) is 27.3 Å². The van der Waals surface area contributed by atoms with Crippen molar-refractivity contribution in [2.24, 2.45) is 5.84 Å². The Kier molecular flexibility index (Phi) is 5.92. The molecule has 0 amide bonds. The summed E-state index contributed by atoms with van der Waals surface area (Å²) in [6, 6.07) is 4.04. The van der Waals surface area contributed by atoms with Crippen molar-refractivity contribution in [1.29, 1.82) is 0 Å². The monoisotopic (exact) mass is 415 g/mol. The van der Waals surface area contributed by atoms with E-state index in [1.807, 2.05) is 10.7 Å². The average Bonchev–Trinajstić information content (AvgIpc) is 2.87. The van der Waals surface area contributed by atoms with Crippen molar-refractivity contribution in [3.05, 3.63) is 44.4 Å². The number of hydrazine groups is 1. The smallest absolute Gasteiger partial charge is 0.0733 e. The minimum absolute atomic E-state index is 0.0702. The highest BCUT2D eigenvalue weighted by Gasteiger charge is 2.18. The van der Waals surface area contributed by atoms with E-state index in [4.69, 9.17) is 5.84 Å². The van der Waals surface area contributed by atoms with Gasteiger partial charge in [0.15, 0.2) is 0 Å². The molecular weight excluding hydrogens is 398 g/mol. The van der Waals surface area contributed by atoms with E-state index in [2.05, 4.69) is 67.3 Å². The third kappa shape index (κ3) is 3.91. The molecule has 0 aliphatic carbocycles. The molecule has 2 aromatic rings. The van der Waals surface area contributed by atoms with Gasteiger partial charge in [-0.15, -0.1) is 0 Å². The van der Waals surface area contributed by atoms with Crippen LogP contribution in [0.1, 0.15) is 37.0 Å². The Morgan fingerprint density at radius 2 is 2.10 bits per heavy atom. The summed E-state index contributed by atoms with van der Waals surface area (Å²) in [4.78, 5) is 4.46. The molecule has 7 heteroatoms. The molecule has 1 unspecified atom stereocenters. The molecule has 0 radical (unpaired) electrons. The van der Waals surface area contributed by atoms with Crippen molar-refractivity contribution in [1.82, 2.24) is 20.2 Å². The molecule has 1 atom stereocenters. The zero-order chi connectivity index (χ0) is 15.4. The molecule has 114 valence electrons. The summed E-state index contributed by atoms with van der Waals surface area (Å²) < 4.78 is 3.88. The summed E-state index contributed by atoms with van der Waals surface area (Å²) in [5.41, 5.74) is 6.01. The lowest BCUT2D eigenvalue weighted by molar-refractivity contribution is 0.505. The Bertz CT molecular complexity index is 611. The molecule has 2 aromatic heterocycles. The number of hydrogen-bond donors (Lipinski definition) is 2. The van der Waals surface area contributed by atoms with E-state index >= 15 is 0 Å². The van der Waals surface area contributed by atoms with Crippen LogP contribution in [0.2, 0.25) is 0 Å². The molecule has 0 aromatic carbocycles. The second-order valence-electron chi connectivity index (χ2n) is 4.74. The Hall–Kier alpha value is -0.760. The number of aromatic nitrogens is 3. The van der Waals surface area contributed by atoms with E-state index in [9.17, 15) is 0 Å². The van der Waals surface area contributed by atoms with Crippen molar-refractivity contribution in [2.45, 2.75) is 39.3 Å². The Balaban J connectivity index is 2.28. The number of nitrogens with two attached hydrogens (primary N) is 1. The van der Waals surface area contributed by atoms with Crippen LogP contribution in [0.25, 0.3) is 0 Å². The Morgan fingerprint density at radius 1 is 1.33 bits per heavy atom. The van der Waals surface area contributed by atoms with Gasteiger partial charge in [-0.05, 0) is 57.3 Å². The lowest BCUT2D eigenvalue weighted by Crippen LogP contribution is -2.31. The van der Waals surface area contributed by atoms with Gasteiger partial charge in [0.05, 0.1) is 17.4 Å². The molecule has 0 fully saturated rings. The van der Waals surface area contributed by atoms with E-state index in [0.29, 0.717) is 0 Å². The van der Waals surface area contributed by atoms with Gasteiger partial charge in [0.2, 0.25) is 0 Å². The maximum Gasteiger partial charge on any atom is 0.0733 e. The van der Waals surface area contributed by atoms with Gasteiger partial charge < -0.3 is 0 Å². The molecule has 21 heavy (non-hydrogen) atoms. The van der Waals surface area contributed by atoms with Crippen molar-refractivity contribution < 1.29 is 0 Å². The topological polar surface area (TPSA) is 68.8 Å². The molecule has 0 aliphatic rings. The highest BCUT2D eigenvalue weighted by molar-refractivity contribution is 9.11. The summed E-state index contributed by atoms with van der Waals surface area (Å²) in [5, 5.41) is 4.57. The molecule has 2 heterocycles. The van der Waals surface area contributed by atoms with Gasteiger partial charge in [-0.1, -0.05) is 6.92 Å². The van der Waals surface area contributed by atoms with Crippen LogP contribution in [0.4, 0.5) is 0 Å². The van der Waals surface area contributed by atoms with E-state index in [0.717, 1.165) is 45.4 Å². The van der Waals surface area contributed by atoms with Crippen LogP contribution in [0.3, 0.4) is 0 Å². The second kappa shape index (κ2) is 7.49. The molecule has 2 rings (SSSR count). The quantitative estimate of drug-likeness (QED) is 0.560. The third-order valence-electron chi connectivity index (χ3n) is 3.36. The summed E-state index contributed by atoms with van der Waals surface area (Å²) >= 11 is 6.96. The zero-order valence-electron chi connectivity index (χ0n) is 12.1. The maximum absolute atomic E-state index is 5.74. The number of hydrogen-bond acceptors (Lipinski definition) is 4. The first-order valence-corrected chi connectivity index (χ1v) is 8.50. The third-order valence-corrected chi connectivity index (χ3v) is 4.43. The van der Waals surface area contributed by atoms with Crippen molar-refractivity contribution in [3.8, 4) is 0 Å². The highest BCUT2D eigenvalue weighted by atomic mass is 79.9. The van der Waals surface area contributed by atoms with Gasteiger partial charge in [0.1, 0.15) is 0 Å². The Morgan fingerprint density at radius 3 is 2.67 bits per heavy atom. The number of nitrogens with zero attached hydrogens (tertiary/aromatic N) is 3. The first-order valence-electron chi connectivity index (χ1n) is 6.91. The number of pyridine rings is 1. The highest BCUT2D eigenvalue weighted by Crippen LogP contribution is 2.26. The fourth-order valence-corrected chi connectivity index (χ4v) is 3.51. The minimum atomic E-state index is -0.0702. The predicted molar refractivity (Wildman–Crippen MR) is 90.7 cm³/mol. The van der Waals surface area contributed by atoms with Gasteiger partial charge >= 0.3 is 0 Å². The fraction of sp³-hybridized carbons (Fsp3) is 0.429. The van der Waals surface area contributed by atoms with Crippen LogP contribution >= 0.6 is 31.9 Å². The maximum atomic E-state index is 5.74. The number of halogens is 2. The minimum Gasteiger partial charge on any atom is -0.271 e. The van der Waals surface area contributed by atoms with E-state index in [-0.39, 0.29) is 6.04 Å². The van der Waals surface area contributed by atoms with Crippen LogP contribution in [-0.2, 0) is 19.4 Å². The van der Waals surface area contributed by atoms with Crippen LogP contribution < -0.4 is 11.3 Å². The molecule has 0 saturated heterocycles. The molecule has 0 saturated carbocycles. The fourth-order valence-electron chi connectivity index (χ4n) is 2.25. The SMILES string of the molecule is CCc1cc(CC(NN)c2ncc(Br)cc2Br)n(CC)n1. The Labute approximate surface area is 141 Å². The van der Waals surface area contributed by atoms with Gasteiger partial charge in [-0.3, -0.25) is 20.9 Å². The first kappa shape index (κ1) is 16.6. The summed E-state index contributed by atoms with van der Waals surface area (Å²) in [5.74, 6) is 5.74. The van der Waals surface area contributed by atoms with Gasteiger partial charge in [0, 0.05) is 33.8 Å². The van der Waals surface area contributed by atoms with Gasteiger partial charge in [-0.25, -0.2) is 0 Å². The molecule has 3 N–H and O–H groups in total. The van der Waals surface area contributed by atoms with E-state index < -0.39 is 0 Å². The van der Waals surface area contributed by atoms with Crippen molar-refractivity contribution >= 4 is 31.9 Å². The van der Waals surface area contributed by atoms with Crippen LogP contribution in [0, 0.1) is 0 Å². The number of nitrogens with one attached hydrogen (secondary N) is 1. The largest absolute Gasteiger partial charge is 0.271 e. The standard InChI is InChI=1S/C14H19Br2N5/c1-3-10-6-11(21(4-2)20-10)7-13(19-17)14-12(16)5-9(15)8-18-14/h5-6,8,13,19H,3-4,7,17H2,1-2H3. The number of rotatable bonds is 6. The normalized spacial score (nSPS) is 12.6. The summed E-state index contributed by atoms with van der Waals surface area (Å²) in [6.07, 6.45) is 3.45. The molecule has 5 nitrogen and oxygen atoms in total. The van der Waals surface area contributed by atoms with Crippen LogP contribution in [-0.4, -0.2) is 14.8 Å². The molecule has 0 spiro atoms. The molecule has 0 bridgehead atoms. The molecule has 0 aliphatic heterocycles. The number of aryl methyl sites for hydroxylation is 2. The van der Waals surface area contributed by atoms with Gasteiger partial charge in [0.25, 0.3) is 0 Å². The zero-order valence-corrected chi connectivity index (χ0v) is 15.3. The van der Waals surface area contributed by atoms with E-state index in [1.54, 1.807) is 6.20 Å². The predicted octanol–water partition coefficient (Wildman–Crippen LogP) is 3.13. The average molecular weight is 417 g/mol. The van der Waals surface area contributed by atoms with E-state index in [1.165, 1.54) is 0 Å². The lowest BCUT2D eigenvalue weighted by atomic mass is 10.1. The summed E-state index contributed by atoms with van der Waals surface area (Å²) in [7, 11) is 0. The van der Waals surface area contributed by atoms with Gasteiger partial charge in [-0.2, -0.15) is 5.10 Å². The first-order chi connectivity index (χ1) is 10.1. The van der Waals surface area contributed by atoms with Crippen LogP contribution in [0.5, 0.6) is 0 Å². The lowest BCUT2D eigenvalue weighted by Gasteiger charge is -2.17. The van der Waals surface area contributed by atoms with Crippen molar-refractivity contribution in [3.63, 3.8) is 0 Å².